The van der Waals surface area contributed by atoms with E-state index in [1.807, 2.05) is 32.0 Å². The molecule has 0 radical (unpaired) electrons. The summed E-state index contributed by atoms with van der Waals surface area (Å²) in [5.41, 5.74) is 1.83. The topological polar surface area (TPSA) is 61.4 Å². The molecule has 0 saturated heterocycles. The van der Waals surface area contributed by atoms with Crippen molar-refractivity contribution in [2.75, 3.05) is 11.9 Å². The Morgan fingerprint density at radius 1 is 1.42 bits per heavy atom. The first-order chi connectivity index (χ1) is 8.88. The minimum Gasteiger partial charge on any atom is -0.393 e. The van der Waals surface area contributed by atoms with Crippen LogP contribution in [-0.2, 0) is 0 Å². The Kier molecular flexibility index (Phi) is 6.31. The van der Waals surface area contributed by atoms with Crippen molar-refractivity contribution in [2.45, 2.75) is 33.3 Å². The van der Waals surface area contributed by atoms with Gasteiger partial charge in [-0.25, -0.2) is 4.79 Å². The Hall–Kier alpha value is -1.07. The van der Waals surface area contributed by atoms with Crippen LogP contribution in [0.2, 0.25) is 0 Å². The highest BCUT2D eigenvalue weighted by molar-refractivity contribution is 9.10. The van der Waals surface area contributed by atoms with E-state index in [1.54, 1.807) is 6.92 Å². The van der Waals surface area contributed by atoms with Crippen LogP contribution >= 0.6 is 15.9 Å². The summed E-state index contributed by atoms with van der Waals surface area (Å²) in [4.78, 5) is 11.8. The summed E-state index contributed by atoms with van der Waals surface area (Å²) < 4.78 is 0.852. The van der Waals surface area contributed by atoms with Crippen LogP contribution in [0.1, 0.15) is 25.8 Å². The number of amides is 2. The van der Waals surface area contributed by atoms with E-state index in [-0.39, 0.29) is 18.1 Å². The third kappa shape index (κ3) is 6.07. The van der Waals surface area contributed by atoms with Crippen molar-refractivity contribution in [3.05, 3.63) is 28.2 Å². The number of carbonyl (C=O) groups excluding carboxylic acids is 1. The molecular weight excluding hydrogens is 308 g/mol. The summed E-state index contributed by atoms with van der Waals surface area (Å²) in [6, 6.07) is 5.55. The number of hydrogen-bond acceptors (Lipinski definition) is 2. The normalized spacial score (nSPS) is 13.7. The zero-order valence-electron chi connectivity index (χ0n) is 11.5. The fourth-order valence-corrected chi connectivity index (χ4v) is 2.18. The molecule has 19 heavy (non-hydrogen) atoms. The van der Waals surface area contributed by atoms with Gasteiger partial charge in [-0.15, -0.1) is 0 Å². The van der Waals surface area contributed by atoms with Gasteiger partial charge in [0.15, 0.2) is 0 Å². The van der Waals surface area contributed by atoms with Gasteiger partial charge in [-0.3, -0.25) is 0 Å². The zero-order valence-corrected chi connectivity index (χ0v) is 13.1. The average Bonchev–Trinajstić information content (AvgIpc) is 2.30. The third-order valence-electron chi connectivity index (χ3n) is 2.72. The Morgan fingerprint density at radius 3 is 2.74 bits per heavy atom. The number of aliphatic hydroxyl groups is 1. The standard InChI is InChI=1S/C14H21BrN2O2/c1-9-4-5-12(15)13(7-9)17-14(19)16-8-10(2)6-11(3)18/h4-5,7,10-11,18H,6,8H2,1-3H3,(H2,16,17,19). The fourth-order valence-electron chi connectivity index (χ4n) is 1.83. The Labute approximate surface area is 122 Å². The molecular formula is C14H21BrN2O2. The molecule has 1 aromatic rings. The number of nitrogens with one attached hydrogen (secondary N) is 2. The van der Waals surface area contributed by atoms with Gasteiger partial charge in [0.1, 0.15) is 0 Å². The maximum absolute atomic E-state index is 11.8. The van der Waals surface area contributed by atoms with Crippen LogP contribution in [0.15, 0.2) is 22.7 Å². The van der Waals surface area contributed by atoms with Crippen molar-refractivity contribution in [3.63, 3.8) is 0 Å². The maximum atomic E-state index is 11.8. The van der Waals surface area contributed by atoms with E-state index in [1.165, 1.54) is 0 Å². The molecule has 4 nitrogen and oxygen atoms in total. The molecule has 0 fully saturated rings. The lowest BCUT2D eigenvalue weighted by Crippen LogP contribution is -2.33. The van der Waals surface area contributed by atoms with Gasteiger partial charge < -0.3 is 15.7 Å². The molecule has 0 aromatic heterocycles. The van der Waals surface area contributed by atoms with Crippen LogP contribution in [0.3, 0.4) is 0 Å². The summed E-state index contributed by atoms with van der Waals surface area (Å²) in [5, 5.41) is 14.9. The van der Waals surface area contributed by atoms with Gasteiger partial charge in [-0.2, -0.15) is 0 Å². The van der Waals surface area contributed by atoms with E-state index in [4.69, 9.17) is 0 Å². The van der Waals surface area contributed by atoms with Gasteiger partial charge in [0.05, 0.1) is 11.8 Å². The molecule has 2 amide bonds. The second-order valence-corrected chi connectivity index (χ2v) is 5.86. The summed E-state index contributed by atoms with van der Waals surface area (Å²) in [5.74, 6) is 0.242. The molecule has 1 aromatic carbocycles. The number of rotatable bonds is 5. The minimum absolute atomic E-state index is 0.233. The molecule has 1 rings (SSSR count). The number of anilines is 1. The summed E-state index contributed by atoms with van der Waals surface area (Å²) in [6.07, 6.45) is 0.333. The SMILES string of the molecule is Cc1ccc(Br)c(NC(=O)NCC(C)CC(C)O)c1. The quantitative estimate of drug-likeness (QED) is 0.776. The van der Waals surface area contributed by atoms with Crippen LogP contribution in [0.5, 0.6) is 0 Å². The molecule has 0 aliphatic carbocycles. The van der Waals surface area contributed by atoms with E-state index in [2.05, 4.69) is 26.6 Å². The van der Waals surface area contributed by atoms with E-state index in [0.717, 1.165) is 15.7 Å². The molecule has 0 heterocycles. The van der Waals surface area contributed by atoms with Crippen molar-refractivity contribution in [2.24, 2.45) is 5.92 Å². The monoisotopic (exact) mass is 328 g/mol. The van der Waals surface area contributed by atoms with Crippen molar-refractivity contribution >= 4 is 27.6 Å². The lowest BCUT2D eigenvalue weighted by atomic mass is 10.1. The van der Waals surface area contributed by atoms with Crippen molar-refractivity contribution in [1.29, 1.82) is 0 Å². The first kappa shape index (κ1) is 16.0. The van der Waals surface area contributed by atoms with Crippen LogP contribution < -0.4 is 10.6 Å². The van der Waals surface area contributed by atoms with Gasteiger partial charge in [-0.05, 0) is 59.8 Å². The molecule has 2 atom stereocenters. The van der Waals surface area contributed by atoms with Gasteiger partial charge in [0, 0.05) is 11.0 Å². The molecule has 106 valence electrons. The van der Waals surface area contributed by atoms with Crippen LogP contribution in [0.25, 0.3) is 0 Å². The molecule has 0 spiro atoms. The molecule has 0 aliphatic rings. The smallest absolute Gasteiger partial charge is 0.319 e. The Morgan fingerprint density at radius 2 is 2.11 bits per heavy atom. The van der Waals surface area contributed by atoms with Crippen molar-refractivity contribution < 1.29 is 9.90 Å². The van der Waals surface area contributed by atoms with Crippen LogP contribution in [-0.4, -0.2) is 23.8 Å². The number of aryl methyl sites for hydroxylation is 1. The largest absolute Gasteiger partial charge is 0.393 e. The number of hydrogen-bond donors (Lipinski definition) is 3. The van der Waals surface area contributed by atoms with Crippen LogP contribution in [0.4, 0.5) is 10.5 Å². The number of benzene rings is 1. The van der Waals surface area contributed by atoms with Gasteiger partial charge in [0.2, 0.25) is 0 Å². The van der Waals surface area contributed by atoms with E-state index < -0.39 is 0 Å². The van der Waals surface area contributed by atoms with Gasteiger partial charge >= 0.3 is 6.03 Å². The lowest BCUT2D eigenvalue weighted by Gasteiger charge is -2.15. The van der Waals surface area contributed by atoms with Crippen molar-refractivity contribution in [1.82, 2.24) is 5.32 Å². The third-order valence-corrected chi connectivity index (χ3v) is 3.42. The highest BCUT2D eigenvalue weighted by atomic mass is 79.9. The zero-order chi connectivity index (χ0) is 14.4. The average molecular weight is 329 g/mol. The Balaban J connectivity index is 2.45. The van der Waals surface area contributed by atoms with Crippen molar-refractivity contribution in [3.8, 4) is 0 Å². The van der Waals surface area contributed by atoms with E-state index >= 15 is 0 Å². The minimum atomic E-state index is -0.342. The first-order valence-corrected chi connectivity index (χ1v) is 7.17. The fraction of sp³-hybridized carbons (Fsp3) is 0.500. The summed E-state index contributed by atoms with van der Waals surface area (Å²) >= 11 is 3.40. The lowest BCUT2D eigenvalue weighted by molar-refractivity contribution is 0.163. The maximum Gasteiger partial charge on any atom is 0.319 e. The van der Waals surface area contributed by atoms with Gasteiger partial charge in [-0.1, -0.05) is 13.0 Å². The number of halogens is 1. The highest BCUT2D eigenvalue weighted by Gasteiger charge is 2.09. The number of aliphatic hydroxyl groups excluding tert-OH is 1. The first-order valence-electron chi connectivity index (χ1n) is 6.37. The molecule has 2 unspecified atom stereocenters. The van der Waals surface area contributed by atoms with E-state index in [0.29, 0.717) is 13.0 Å². The highest BCUT2D eigenvalue weighted by Crippen LogP contribution is 2.23. The molecule has 3 N–H and O–H groups in total. The Bertz CT molecular complexity index is 435. The predicted octanol–water partition coefficient (Wildman–Crippen LogP) is 3.29. The summed E-state index contributed by atoms with van der Waals surface area (Å²) in [6.45, 7) is 6.26. The van der Waals surface area contributed by atoms with E-state index in [9.17, 15) is 9.90 Å². The molecule has 5 heteroatoms. The second kappa shape index (κ2) is 7.50. The second-order valence-electron chi connectivity index (χ2n) is 5.01. The number of carbonyl (C=O) groups is 1. The van der Waals surface area contributed by atoms with Gasteiger partial charge in [0.25, 0.3) is 0 Å². The molecule has 0 saturated carbocycles. The predicted molar refractivity (Wildman–Crippen MR) is 81.4 cm³/mol. The summed E-state index contributed by atoms with van der Waals surface area (Å²) in [7, 11) is 0. The number of urea groups is 1. The van der Waals surface area contributed by atoms with Crippen LogP contribution in [0, 0.1) is 12.8 Å². The molecule has 0 aliphatic heterocycles. The molecule has 0 bridgehead atoms.